The fourth-order valence-corrected chi connectivity index (χ4v) is 6.64. The van der Waals surface area contributed by atoms with Crippen LogP contribution in [-0.4, -0.2) is 9.38 Å². The minimum Gasteiger partial charge on any atom is -0.307 e. The van der Waals surface area contributed by atoms with Gasteiger partial charge < -0.3 is 4.40 Å². The third-order valence-corrected chi connectivity index (χ3v) is 8.19. The summed E-state index contributed by atoms with van der Waals surface area (Å²) in [4.78, 5) is 4.48. The summed E-state index contributed by atoms with van der Waals surface area (Å²) in [5.74, 6) is 0. The second kappa shape index (κ2) is 6.83. The molecule has 9 aromatic rings. The lowest BCUT2D eigenvalue weighted by molar-refractivity contribution is 1.37. The van der Waals surface area contributed by atoms with Crippen LogP contribution in [0.1, 0.15) is 0 Å². The molecule has 0 saturated carbocycles. The van der Waals surface area contributed by atoms with Crippen molar-refractivity contribution in [2.75, 3.05) is 0 Å². The number of para-hydroxylation sites is 1. The molecule has 3 heterocycles. The van der Waals surface area contributed by atoms with E-state index in [0.29, 0.717) is 0 Å². The van der Waals surface area contributed by atoms with Crippen molar-refractivity contribution >= 4 is 59.6 Å². The van der Waals surface area contributed by atoms with E-state index >= 15 is 0 Å². The maximum absolute atomic E-state index is 4.48. The summed E-state index contributed by atoms with van der Waals surface area (Å²) in [6.07, 6.45) is 3.93. The topological polar surface area (TPSA) is 17.3 Å². The molecule has 170 valence electrons. The zero-order valence-electron chi connectivity index (χ0n) is 19.9. The van der Waals surface area contributed by atoms with Gasteiger partial charge in [-0.05, 0) is 45.0 Å². The number of pyridine rings is 1. The van der Waals surface area contributed by atoms with Crippen LogP contribution in [0.4, 0.5) is 0 Å². The number of nitrogens with zero attached hydrogens (tertiary/aromatic N) is 2. The van der Waals surface area contributed by atoms with Gasteiger partial charge in [-0.3, -0.25) is 4.98 Å². The van der Waals surface area contributed by atoms with Gasteiger partial charge >= 0.3 is 0 Å². The van der Waals surface area contributed by atoms with Gasteiger partial charge in [-0.1, -0.05) is 97.1 Å². The van der Waals surface area contributed by atoms with Crippen LogP contribution in [0.25, 0.3) is 81.9 Å². The molecular formula is C35H20N2. The van der Waals surface area contributed by atoms with Gasteiger partial charge in [0.05, 0.1) is 16.6 Å². The molecule has 3 aromatic heterocycles. The van der Waals surface area contributed by atoms with Crippen molar-refractivity contribution in [1.82, 2.24) is 9.38 Å². The molecule has 0 bridgehead atoms. The van der Waals surface area contributed by atoms with Crippen molar-refractivity contribution in [1.29, 1.82) is 0 Å². The maximum Gasteiger partial charge on any atom is 0.0627 e. The van der Waals surface area contributed by atoms with Crippen molar-refractivity contribution in [3.8, 4) is 22.3 Å². The van der Waals surface area contributed by atoms with Crippen LogP contribution in [0.3, 0.4) is 0 Å². The molecule has 0 radical (unpaired) electrons. The van der Waals surface area contributed by atoms with E-state index in [1.807, 2.05) is 12.4 Å². The van der Waals surface area contributed by atoms with Crippen LogP contribution < -0.4 is 0 Å². The number of benzene rings is 6. The van der Waals surface area contributed by atoms with Gasteiger partial charge in [-0.2, -0.15) is 0 Å². The smallest absolute Gasteiger partial charge is 0.0627 e. The molecule has 6 aromatic carbocycles. The van der Waals surface area contributed by atoms with Crippen molar-refractivity contribution in [3.63, 3.8) is 0 Å². The van der Waals surface area contributed by atoms with Gasteiger partial charge in [-0.25, -0.2) is 0 Å². The highest BCUT2D eigenvalue weighted by Crippen LogP contribution is 2.48. The molecule has 2 heteroatoms. The van der Waals surface area contributed by atoms with E-state index in [9.17, 15) is 0 Å². The van der Waals surface area contributed by atoms with Crippen LogP contribution in [-0.2, 0) is 0 Å². The Morgan fingerprint density at radius 3 is 2.03 bits per heavy atom. The quantitative estimate of drug-likeness (QED) is 0.231. The Bertz CT molecular complexity index is 2270. The SMILES string of the molecule is c1ccc(-c2ccc(-c3cccc4c5ccc6c7cnccc7c7cccc8c7c6c5n8c34)cc2)cc1. The summed E-state index contributed by atoms with van der Waals surface area (Å²) in [5.41, 5.74) is 8.85. The van der Waals surface area contributed by atoms with E-state index in [4.69, 9.17) is 0 Å². The summed E-state index contributed by atoms with van der Waals surface area (Å²) >= 11 is 0. The average molecular weight is 469 g/mol. The molecule has 37 heavy (non-hydrogen) atoms. The van der Waals surface area contributed by atoms with Gasteiger partial charge in [0.25, 0.3) is 0 Å². The van der Waals surface area contributed by atoms with Crippen LogP contribution in [0.15, 0.2) is 122 Å². The Hall–Kier alpha value is -4.95. The number of rotatable bonds is 2. The number of hydrogen-bond donors (Lipinski definition) is 0. The highest BCUT2D eigenvalue weighted by atomic mass is 14.9. The van der Waals surface area contributed by atoms with Gasteiger partial charge in [0.2, 0.25) is 0 Å². The molecule has 0 aliphatic rings. The Balaban J connectivity index is 1.43. The lowest BCUT2D eigenvalue weighted by Crippen LogP contribution is -1.87. The van der Waals surface area contributed by atoms with E-state index in [0.717, 1.165) is 0 Å². The molecule has 0 aliphatic carbocycles. The first kappa shape index (κ1) is 19.3. The van der Waals surface area contributed by atoms with Crippen molar-refractivity contribution in [3.05, 3.63) is 122 Å². The summed E-state index contributed by atoms with van der Waals surface area (Å²) in [7, 11) is 0. The third-order valence-electron chi connectivity index (χ3n) is 8.19. The van der Waals surface area contributed by atoms with Crippen LogP contribution in [0.2, 0.25) is 0 Å². The Kier molecular flexibility index (Phi) is 3.56. The number of hydrogen-bond acceptors (Lipinski definition) is 1. The first-order valence-corrected chi connectivity index (χ1v) is 12.7. The zero-order chi connectivity index (χ0) is 24.1. The monoisotopic (exact) mass is 468 g/mol. The first-order valence-electron chi connectivity index (χ1n) is 12.7. The van der Waals surface area contributed by atoms with Crippen molar-refractivity contribution in [2.24, 2.45) is 0 Å². The summed E-state index contributed by atoms with van der Waals surface area (Å²) in [5, 5.41) is 10.4. The largest absolute Gasteiger partial charge is 0.307 e. The average Bonchev–Trinajstić information content (AvgIpc) is 3.50. The summed E-state index contributed by atoms with van der Waals surface area (Å²) in [6, 6.07) is 39.8. The highest BCUT2D eigenvalue weighted by molar-refractivity contribution is 6.38. The standard InChI is InChI=1S/C35H20N2/c1-2-6-21(7-3-1)22-12-14-23(15-13-22)24-8-4-10-28-29-17-16-27-30-20-36-19-18-25(30)26-9-5-11-31-32(26)33(27)35(29)37(31)34(24)28/h1-20H. The molecule has 0 fully saturated rings. The normalized spacial score (nSPS) is 12.3. The van der Waals surface area contributed by atoms with E-state index in [-0.39, 0.29) is 0 Å². The maximum atomic E-state index is 4.48. The Morgan fingerprint density at radius 2 is 1.14 bits per heavy atom. The van der Waals surface area contributed by atoms with Gasteiger partial charge in [-0.15, -0.1) is 0 Å². The second-order valence-electron chi connectivity index (χ2n) is 9.99. The predicted octanol–water partition coefficient (Wildman–Crippen LogP) is 9.31. The lowest BCUT2D eigenvalue weighted by atomic mass is 9.94. The number of fused-ring (bicyclic) bond motifs is 7. The summed E-state index contributed by atoms with van der Waals surface area (Å²) in [6.45, 7) is 0. The number of aromatic nitrogens is 2. The van der Waals surface area contributed by atoms with E-state index in [2.05, 4.69) is 119 Å². The van der Waals surface area contributed by atoms with E-state index < -0.39 is 0 Å². The molecule has 0 aliphatic heterocycles. The van der Waals surface area contributed by atoms with Crippen LogP contribution in [0.5, 0.6) is 0 Å². The van der Waals surface area contributed by atoms with Crippen LogP contribution >= 0.6 is 0 Å². The molecule has 0 saturated heterocycles. The van der Waals surface area contributed by atoms with Gasteiger partial charge in [0.1, 0.15) is 0 Å². The second-order valence-corrected chi connectivity index (χ2v) is 9.99. The minimum atomic E-state index is 1.22. The fourth-order valence-electron chi connectivity index (χ4n) is 6.64. The Labute approximate surface area is 212 Å². The predicted molar refractivity (Wildman–Crippen MR) is 156 cm³/mol. The molecule has 0 amide bonds. The summed E-state index contributed by atoms with van der Waals surface area (Å²) < 4.78 is 2.52. The third kappa shape index (κ3) is 2.37. The lowest BCUT2D eigenvalue weighted by Gasteiger charge is -2.10. The van der Waals surface area contributed by atoms with Gasteiger partial charge in [0, 0.05) is 44.9 Å². The first-order chi connectivity index (χ1) is 18.4. The zero-order valence-corrected chi connectivity index (χ0v) is 19.9. The van der Waals surface area contributed by atoms with Crippen LogP contribution in [0, 0.1) is 0 Å². The van der Waals surface area contributed by atoms with E-state index in [1.54, 1.807) is 0 Å². The van der Waals surface area contributed by atoms with Crippen molar-refractivity contribution in [2.45, 2.75) is 0 Å². The fraction of sp³-hybridized carbons (Fsp3) is 0. The molecule has 2 nitrogen and oxygen atoms in total. The Morgan fingerprint density at radius 1 is 0.432 bits per heavy atom. The molecular weight excluding hydrogens is 448 g/mol. The molecule has 0 N–H and O–H groups in total. The van der Waals surface area contributed by atoms with E-state index in [1.165, 1.54) is 81.9 Å². The molecule has 9 rings (SSSR count). The minimum absolute atomic E-state index is 1.22. The van der Waals surface area contributed by atoms with Gasteiger partial charge in [0.15, 0.2) is 0 Å². The highest BCUT2D eigenvalue weighted by Gasteiger charge is 2.23. The molecule has 0 unspecified atom stereocenters. The molecule has 0 spiro atoms. The van der Waals surface area contributed by atoms with Crippen molar-refractivity contribution < 1.29 is 0 Å². The molecule has 0 atom stereocenters.